The van der Waals surface area contributed by atoms with Gasteiger partial charge in [0.15, 0.2) is 0 Å². The van der Waals surface area contributed by atoms with Crippen molar-refractivity contribution in [2.45, 2.75) is 38.9 Å². The van der Waals surface area contributed by atoms with Gasteiger partial charge >= 0.3 is 0 Å². The van der Waals surface area contributed by atoms with E-state index in [1.807, 2.05) is 30.9 Å². The SMILES string of the molecule is CC1CN(S(=O)(=O)N2CCN(CC(=O)Nc3ccc(N4CCCC4)cc3)CC2)CC(C)O1. The molecule has 32 heavy (non-hydrogen) atoms. The Morgan fingerprint density at radius 3 is 2.12 bits per heavy atom. The lowest BCUT2D eigenvalue weighted by atomic mass is 10.2. The van der Waals surface area contributed by atoms with Crippen LogP contribution >= 0.6 is 0 Å². The molecule has 3 aliphatic rings. The molecule has 10 heteroatoms. The van der Waals surface area contributed by atoms with Gasteiger partial charge in [0.05, 0.1) is 18.8 Å². The van der Waals surface area contributed by atoms with E-state index >= 15 is 0 Å². The van der Waals surface area contributed by atoms with Gasteiger partial charge in [0.2, 0.25) is 5.91 Å². The van der Waals surface area contributed by atoms with Gasteiger partial charge in [0.25, 0.3) is 10.2 Å². The highest BCUT2D eigenvalue weighted by Crippen LogP contribution is 2.22. The van der Waals surface area contributed by atoms with E-state index in [2.05, 4.69) is 22.3 Å². The minimum absolute atomic E-state index is 0.0777. The van der Waals surface area contributed by atoms with Gasteiger partial charge in [-0.15, -0.1) is 0 Å². The van der Waals surface area contributed by atoms with Gasteiger partial charge in [0, 0.05) is 63.7 Å². The van der Waals surface area contributed by atoms with Crippen molar-refractivity contribution in [1.82, 2.24) is 13.5 Å². The van der Waals surface area contributed by atoms with Gasteiger partial charge in [-0.2, -0.15) is 17.0 Å². The number of rotatable bonds is 6. The molecule has 0 aliphatic carbocycles. The molecular weight excluding hydrogens is 430 g/mol. The second-order valence-electron chi connectivity index (χ2n) is 9.05. The number of nitrogens with zero attached hydrogens (tertiary/aromatic N) is 4. The fourth-order valence-corrected chi connectivity index (χ4v) is 6.48. The highest BCUT2D eigenvalue weighted by Gasteiger charge is 2.36. The van der Waals surface area contributed by atoms with Crippen molar-refractivity contribution in [3.05, 3.63) is 24.3 Å². The summed E-state index contributed by atoms with van der Waals surface area (Å²) >= 11 is 0. The third-order valence-electron chi connectivity index (χ3n) is 6.36. The molecule has 178 valence electrons. The van der Waals surface area contributed by atoms with Crippen LogP contribution in [0.1, 0.15) is 26.7 Å². The highest BCUT2D eigenvalue weighted by atomic mass is 32.2. The summed E-state index contributed by atoms with van der Waals surface area (Å²) in [6, 6.07) is 8.00. The Morgan fingerprint density at radius 1 is 0.938 bits per heavy atom. The van der Waals surface area contributed by atoms with Gasteiger partial charge < -0.3 is 15.0 Å². The third-order valence-corrected chi connectivity index (χ3v) is 8.33. The summed E-state index contributed by atoms with van der Waals surface area (Å²) < 4.78 is 34.8. The molecular formula is C22H35N5O4S. The Kier molecular flexibility index (Phi) is 7.36. The normalized spacial score (nSPS) is 26.4. The van der Waals surface area contributed by atoms with Gasteiger partial charge in [0.1, 0.15) is 0 Å². The zero-order chi connectivity index (χ0) is 22.7. The average Bonchev–Trinajstić information content (AvgIpc) is 3.29. The van der Waals surface area contributed by atoms with E-state index in [0.717, 1.165) is 18.8 Å². The van der Waals surface area contributed by atoms with Crippen LogP contribution in [0.3, 0.4) is 0 Å². The maximum atomic E-state index is 13.0. The Morgan fingerprint density at radius 2 is 1.53 bits per heavy atom. The third kappa shape index (κ3) is 5.60. The van der Waals surface area contributed by atoms with Gasteiger partial charge in [-0.1, -0.05) is 0 Å². The molecule has 0 aromatic heterocycles. The van der Waals surface area contributed by atoms with Crippen LogP contribution in [-0.4, -0.2) is 98.9 Å². The molecule has 0 saturated carbocycles. The molecule has 1 aromatic rings. The van der Waals surface area contributed by atoms with Crippen LogP contribution in [0.5, 0.6) is 0 Å². The Hall–Kier alpha value is -1.72. The first-order valence-corrected chi connectivity index (χ1v) is 13.0. The summed E-state index contributed by atoms with van der Waals surface area (Å²) in [4.78, 5) is 16.9. The van der Waals surface area contributed by atoms with Crippen LogP contribution in [0.4, 0.5) is 11.4 Å². The molecule has 4 rings (SSSR count). The quantitative estimate of drug-likeness (QED) is 0.680. The predicted octanol–water partition coefficient (Wildman–Crippen LogP) is 1.20. The number of nitrogens with one attached hydrogen (secondary N) is 1. The molecule has 2 unspecified atom stereocenters. The number of piperazine rings is 1. The van der Waals surface area contributed by atoms with Crippen LogP contribution in [0.2, 0.25) is 0 Å². The molecule has 0 bridgehead atoms. The summed E-state index contributed by atoms with van der Waals surface area (Å²) in [7, 11) is -3.51. The minimum Gasteiger partial charge on any atom is -0.373 e. The molecule has 3 heterocycles. The number of anilines is 2. The highest BCUT2D eigenvalue weighted by molar-refractivity contribution is 7.86. The first kappa shape index (κ1) is 23.4. The monoisotopic (exact) mass is 465 g/mol. The summed E-state index contributed by atoms with van der Waals surface area (Å²) in [6.07, 6.45) is 2.25. The first-order chi connectivity index (χ1) is 15.3. The van der Waals surface area contributed by atoms with Crippen LogP contribution in [0.25, 0.3) is 0 Å². The predicted molar refractivity (Wildman–Crippen MR) is 125 cm³/mol. The number of carbonyl (C=O) groups excluding carboxylic acids is 1. The second-order valence-corrected chi connectivity index (χ2v) is 11.0. The topological polar surface area (TPSA) is 85.4 Å². The lowest BCUT2D eigenvalue weighted by Crippen LogP contribution is -2.57. The number of amides is 1. The summed E-state index contributed by atoms with van der Waals surface area (Å²) in [5.74, 6) is -0.0777. The van der Waals surface area contributed by atoms with E-state index in [9.17, 15) is 13.2 Å². The number of hydrogen-bond donors (Lipinski definition) is 1. The summed E-state index contributed by atoms with van der Waals surface area (Å²) in [5.41, 5.74) is 1.98. The van der Waals surface area contributed by atoms with Crippen LogP contribution in [0.15, 0.2) is 24.3 Å². The summed E-state index contributed by atoms with van der Waals surface area (Å²) in [5, 5.41) is 2.96. The molecule has 3 saturated heterocycles. The van der Waals surface area contributed by atoms with Crippen molar-refractivity contribution in [2.24, 2.45) is 0 Å². The fourth-order valence-electron chi connectivity index (χ4n) is 4.74. The molecule has 3 aliphatic heterocycles. The van der Waals surface area contributed by atoms with Gasteiger partial charge in [-0.3, -0.25) is 9.69 Å². The minimum atomic E-state index is -3.51. The molecule has 0 radical (unpaired) electrons. The van der Waals surface area contributed by atoms with E-state index < -0.39 is 10.2 Å². The molecule has 1 amide bonds. The van der Waals surface area contributed by atoms with E-state index in [1.54, 1.807) is 0 Å². The van der Waals surface area contributed by atoms with Crippen LogP contribution in [0, 0.1) is 0 Å². The fraction of sp³-hybridized carbons (Fsp3) is 0.682. The van der Waals surface area contributed by atoms with E-state index in [4.69, 9.17) is 4.74 Å². The van der Waals surface area contributed by atoms with Crippen molar-refractivity contribution in [3.8, 4) is 0 Å². The van der Waals surface area contributed by atoms with Crippen molar-refractivity contribution in [2.75, 3.05) is 69.1 Å². The largest absolute Gasteiger partial charge is 0.373 e. The molecule has 1 N–H and O–H groups in total. The zero-order valence-corrected chi connectivity index (χ0v) is 19.9. The van der Waals surface area contributed by atoms with Crippen molar-refractivity contribution >= 4 is 27.5 Å². The number of carbonyl (C=O) groups is 1. The first-order valence-electron chi connectivity index (χ1n) is 11.6. The van der Waals surface area contributed by atoms with Crippen LogP contribution < -0.4 is 10.2 Å². The van der Waals surface area contributed by atoms with Crippen LogP contribution in [-0.2, 0) is 19.7 Å². The van der Waals surface area contributed by atoms with Crippen molar-refractivity contribution < 1.29 is 17.9 Å². The Bertz CT molecular complexity index is 870. The second kappa shape index (κ2) is 10.0. The lowest BCUT2D eigenvalue weighted by Gasteiger charge is -2.40. The molecule has 0 spiro atoms. The van der Waals surface area contributed by atoms with Gasteiger partial charge in [-0.25, -0.2) is 0 Å². The number of morpholine rings is 1. The van der Waals surface area contributed by atoms with Crippen molar-refractivity contribution in [3.63, 3.8) is 0 Å². The van der Waals surface area contributed by atoms with Crippen molar-refractivity contribution in [1.29, 1.82) is 0 Å². The average molecular weight is 466 g/mol. The molecule has 3 fully saturated rings. The lowest BCUT2D eigenvalue weighted by molar-refractivity contribution is -0.117. The maximum Gasteiger partial charge on any atom is 0.282 e. The molecule has 1 aromatic carbocycles. The number of ether oxygens (including phenoxy) is 1. The zero-order valence-electron chi connectivity index (χ0n) is 19.1. The van der Waals surface area contributed by atoms with E-state index in [0.29, 0.717) is 39.3 Å². The standard InChI is InChI=1S/C22H35N5O4S/c1-18-15-27(16-19(2)31-18)32(29,30)26-13-11-24(12-14-26)17-22(28)23-20-5-7-21(8-6-20)25-9-3-4-10-25/h5-8,18-19H,3-4,9-17H2,1-2H3,(H,23,28). The van der Waals surface area contributed by atoms with Gasteiger partial charge in [-0.05, 0) is 51.0 Å². The van der Waals surface area contributed by atoms with E-state index in [1.165, 1.54) is 27.1 Å². The maximum absolute atomic E-state index is 13.0. The summed E-state index contributed by atoms with van der Waals surface area (Å²) in [6.45, 7) is 8.86. The Labute approximate surface area is 191 Å². The molecule has 9 nitrogen and oxygen atoms in total. The van der Waals surface area contributed by atoms with E-state index in [-0.39, 0.29) is 24.7 Å². The number of hydrogen-bond acceptors (Lipinski definition) is 6. The smallest absolute Gasteiger partial charge is 0.282 e. The molecule has 2 atom stereocenters. The Balaban J connectivity index is 1.24. The number of benzene rings is 1.